The van der Waals surface area contributed by atoms with E-state index in [1.165, 1.54) is 33.9 Å². The highest BCUT2D eigenvalue weighted by molar-refractivity contribution is 6.31. The average molecular weight is 490 g/mol. The van der Waals surface area contributed by atoms with Crippen LogP contribution in [0.4, 0.5) is 24.5 Å². The van der Waals surface area contributed by atoms with Crippen LogP contribution < -0.4 is 15.8 Å². The number of pyridine rings is 1. The van der Waals surface area contributed by atoms with E-state index in [0.29, 0.717) is 17.0 Å². The number of rotatable bonds is 5. The predicted octanol–water partition coefficient (Wildman–Crippen LogP) is 4.95. The Labute approximate surface area is 197 Å². The second kappa shape index (κ2) is 9.34. The average Bonchev–Trinajstić information content (AvgIpc) is 3.22. The number of hydrogen-bond acceptors (Lipinski definition) is 3. The molecule has 3 aromatic rings. The van der Waals surface area contributed by atoms with Crippen LogP contribution in [0.25, 0.3) is 0 Å². The molecule has 2 amide bonds. The Hall–Kier alpha value is -3.59. The SMILES string of the molecule is O=C(Nc1ccc(=O)n(Cc2ccccc2Cl)c1)c1cc(N2CCCC2=O)cc(C(F)(F)F)c1. The van der Waals surface area contributed by atoms with E-state index >= 15 is 0 Å². The number of halogens is 4. The Balaban J connectivity index is 1.63. The molecule has 1 aliphatic heterocycles. The lowest BCUT2D eigenvalue weighted by molar-refractivity contribution is -0.137. The molecule has 10 heteroatoms. The van der Waals surface area contributed by atoms with Crippen LogP contribution in [0.5, 0.6) is 0 Å². The van der Waals surface area contributed by atoms with Crippen LogP contribution in [0.2, 0.25) is 5.02 Å². The van der Waals surface area contributed by atoms with Gasteiger partial charge in [-0.1, -0.05) is 29.8 Å². The van der Waals surface area contributed by atoms with Crippen molar-refractivity contribution in [3.8, 4) is 0 Å². The second-order valence-corrected chi connectivity index (χ2v) is 8.25. The van der Waals surface area contributed by atoms with Gasteiger partial charge in [0.05, 0.1) is 17.8 Å². The quantitative estimate of drug-likeness (QED) is 0.551. The molecule has 4 rings (SSSR count). The maximum absolute atomic E-state index is 13.5. The van der Waals surface area contributed by atoms with Crippen molar-refractivity contribution in [2.75, 3.05) is 16.8 Å². The van der Waals surface area contributed by atoms with Crippen molar-refractivity contribution in [2.45, 2.75) is 25.6 Å². The van der Waals surface area contributed by atoms with Crippen LogP contribution in [-0.4, -0.2) is 22.9 Å². The maximum Gasteiger partial charge on any atom is 0.416 e. The molecule has 0 bridgehead atoms. The third-order valence-corrected chi connectivity index (χ3v) is 5.80. The first-order valence-corrected chi connectivity index (χ1v) is 10.8. The Morgan fingerprint density at radius 3 is 2.50 bits per heavy atom. The molecule has 2 aromatic carbocycles. The van der Waals surface area contributed by atoms with E-state index in [1.807, 2.05) is 0 Å². The van der Waals surface area contributed by atoms with Gasteiger partial charge in [0.1, 0.15) is 0 Å². The molecule has 0 atom stereocenters. The maximum atomic E-state index is 13.5. The lowest BCUT2D eigenvalue weighted by atomic mass is 10.1. The Bertz CT molecular complexity index is 1320. The third kappa shape index (κ3) is 5.14. The minimum absolute atomic E-state index is 0.0196. The first-order valence-electron chi connectivity index (χ1n) is 10.4. The van der Waals surface area contributed by atoms with Gasteiger partial charge in [0.2, 0.25) is 5.91 Å². The highest BCUT2D eigenvalue weighted by atomic mass is 35.5. The number of anilines is 2. The number of nitrogens with zero attached hydrogens (tertiary/aromatic N) is 2. The Morgan fingerprint density at radius 1 is 1.06 bits per heavy atom. The summed E-state index contributed by atoms with van der Waals surface area (Å²) in [6.07, 6.45) is -2.54. The van der Waals surface area contributed by atoms with Gasteiger partial charge in [-0.3, -0.25) is 14.4 Å². The van der Waals surface area contributed by atoms with E-state index < -0.39 is 17.6 Å². The fraction of sp³-hybridized carbons (Fsp3) is 0.208. The van der Waals surface area contributed by atoms with Crippen molar-refractivity contribution in [3.05, 3.63) is 92.9 Å². The molecule has 1 saturated heterocycles. The van der Waals surface area contributed by atoms with Crippen molar-refractivity contribution >= 4 is 34.8 Å². The van der Waals surface area contributed by atoms with Gasteiger partial charge in [-0.2, -0.15) is 13.2 Å². The first-order chi connectivity index (χ1) is 16.1. The second-order valence-electron chi connectivity index (χ2n) is 7.84. The molecule has 34 heavy (non-hydrogen) atoms. The van der Waals surface area contributed by atoms with Crippen molar-refractivity contribution in [2.24, 2.45) is 0 Å². The van der Waals surface area contributed by atoms with E-state index in [4.69, 9.17) is 11.6 Å². The van der Waals surface area contributed by atoms with Gasteiger partial charge in [-0.05, 0) is 42.3 Å². The molecule has 6 nitrogen and oxygen atoms in total. The minimum Gasteiger partial charge on any atom is -0.321 e. The fourth-order valence-electron chi connectivity index (χ4n) is 3.73. The monoisotopic (exact) mass is 489 g/mol. The molecular weight excluding hydrogens is 471 g/mol. The summed E-state index contributed by atoms with van der Waals surface area (Å²) in [5, 5.41) is 3.00. The number of nitrogens with one attached hydrogen (secondary N) is 1. The number of benzene rings is 2. The van der Waals surface area contributed by atoms with Crippen LogP contribution in [0.1, 0.15) is 34.3 Å². The van der Waals surface area contributed by atoms with E-state index in [0.717, 1.165) is 12.1 Å². The van der Waals surface area contributed by atoms with Crippen LogP contribution in [0.15, 0.2) is 65.6 Å². The molecule has 0 spiro atoms. The summed E-state index contributed by atoms with van der Waals surface area (Å²) in [5.74, 6) is -1.10. The molecule has 1 N–H and O–H groups in total. The van der Waals surface area contributed by atoms with Crippen molar-refractivity contribution in [1.29, 1.82) is 0 Å². The molecule has 0 radical (unpaired) electrons. The smallest absolute Gasteiger partial charge is 0.321 e. The van der Waals surface area contributed by atoms with Crippen molar-refractivity contribution < 1.29 is 22.8 Å². The van der Waals surface area contributed by atoms with Gasteiger partial charge in [0.25, 0.3) is 11.5 Å². The van der Waals surface area contributed by atoms with Gasteiger partial charge in [-0.25, -0.2) is 0 Å². The standard InChI is InChI=1S/C24H19ClF3N3O3/c25-20-5-2-1-4-15(20)13-30-14-18(7-8-21(30)32)29-23(34)16-10-17(24(26,27)28)12-19(11-16)31-9-3-6-22(31)33/h1-2,4-5,7-8,10-12,14H,3,6,9,13H2,(H,29,34). The van der Waals surface area contributed by atoms with E-state index in [-0.39, 0.29) is 47.9 Å². The number of amides is 2. The molecule has 1 fully saturated rings. The minimum atomic E-state index is -4.70. The topological polar surface area (TPSA) is 71.4 Å². The summed E-state index contributed by atoms with van der Waals surface area (Å²) in [7, 11) is 0. The number of carbonyl (C=O) groups is 2. The summed E-state index contributed by atoms with van der Waals surface area (Å²) in [5.41, 5.74) is -0.703. The zero-order chi connectivity index (χ0) is 24.5. The molecule has 0 aliphatic carbocycles. The van der Waals surface area contributed by atoms with Crippen LogP contribution in [-0.2, 0) is 17.5 Å². The summed E-state index contributed by atoms with van der Waals surface area (Å²) in [6.45, 7) is 0.432. The molecule has 0 saturated carbocycles. The number of aromatic nitrogens is 1. The van der Waals surface area contributed by atoms with Gasteiger partial charge in [0.15, 0.2) is 0 Å². The van der Waals surface area contributed by atoms with Crippen LogP contribution in [0.3, 0.4) is 0 Å². The highest BCUT2D eigenvalue weighted by Crippen LogP contribution is 2.34. The molecule has 1 aromatic heterocycles. The molecule has 1 aliphatic rings. The largest absolute Gasteiger partial charge is 0.416 e. The predicted molar refractivity (Wildman–Crippen MR) is 122 cm³/mol. The van der Waals surface area contributed by atoms with Crippen molar-refractivity contribution in [3.63, 3.8) is 0 Å². The number of alkyl halides is 3. The fourth-order valence-corrected chi connectivity index (χ4v) is 3.92. The molecular formula is C24H19ClF3N3O3. The summed E-state index contributed by atoms with van der Waals surface area (Å²) < 4.78 is 41.8. The van der Waals surface area contributed by atoms with E-state index in [9.17, 15) is 27.6 Å². The van der Waals surface area contributed by atoms with Gasteiger partial charge < -0.3 is 14.8 Å². The Morgan fingerprint density at radius 2 is 1.82 bits per heavy atom. The highest BCUT2D eigenvalue weighted by Gasteiger charge is 2.33. The van der Waals surface area contributed by atoms with Crippen LogP contribution in [0, 0.1) is 0 Å². The lowest BCUT2D eigenvalue weighted by Gasteiger charge is -2.19. The number of hydrogen-bond donors (Lipinski definition) is 1. The Kier molecular flexibility index (Phi) is 6.47. The summed E-state index contributed by atoms with van der Waals surface area (Å²) in [6, 6.07) is 12.4. The molecule has 0 unspecified atom stereocenters. The summed E-state index contributed by atoms with van der Waals surface area (Å²) >= 11 is 6.16. The van der Waals surface area contributed by atoms with E-state index in [2.05, 4.69) is 5.32 Å². The lowest BCUT2D eigenvalue weighted by Crippen LogP contribution is -2.25. The summed E-state index contributed by atoms with van der Waals surface area (Å²) in [4.78, 5) is 38.4. The normalized spacial score (nSPS) is 13.9. The van der Waals surface area contributed by atoms with Crippen molar-refractivity contribution in [1.82, 2.24) is 4.57 Å². The first kappa shape index (κ1) is 23.6. The zero-order valence-corrected chi connectivity index (χ0v) is 18.5. The number of carbonyl (C=O) groups excluding carboxylic acids is 2. The third-order valence-electron chi connectivity index (χ3n) is 5.43. The molecule has 2 heterocycles. The van der Waals surface area contributed by atoms with Gasteiger partial charge >= 0.3 is 6.18 Å². The van der Waals surface area contributed by atoms with Gasteiger partial charge in [-0.15, -0.1) is 0 Å². The zero-order valence-electron chi connectivity index (χ0n) is 17.7. The van der Waals surface area contributed by atoms with Crippen LogP contribution >= 0.6 is 11.6 Å². The van der Waals surface area contributed by atoms with E-state index in [1.54, 1.807) is 24.3 Å². The van der Waals surface area contributed by atoms with Gasteiger partial charge in [0, 0.05) is 41.5 Å². The molecule has 176 valence electrons.